The number of benzene rings is 8. The van der Waals surface area contributed by atoms with Crippen LogP contribution in [0.3, 0.4) is 0 Å². The summed E-state index contributed by atoms with van der Waals surface area (Å²) < 4.78 is 9.61. The third-order valence-corrected chi connectivity index (χ3v) is 12.3. The summed E-state index contributed by atoms with van der Waals surface area (Å²) in [5.74, 6) is 0.975. The van der Waals surface area contributed by atoms with Gasteiger partial charge in [0.05, 0.1) is 49.8 Å². The molecule has 0 radical (unpaired) electrons. The van der Waals surface area contributed by atoms with Gasteiger partial charge < -0.3 is 18.6 Å². The largest absolute Gasteiger partial charge is 0.341 e. The van der Waals surface area contributed by atoms with E-state index in [1.807, 2.05) is 0 Å². The molecule has 57 heavy (non-hydrogen) atoms. The van der Waals surface area contributed by atoms with Crippen molar-refractivity contribution in [2.24, 2.45) is 0 Å². The average molecular weight is 731 g/mol. The molecule has 1 aliphatic rings. The molecule has 0 bridgehead atoms. The minimum absolute atomic E-state index is 0.777. The van der Waals surface area contributed by atoms with Crippen LogP contribution in [0.25, 0.3) is 99.2 Å². The second-order valence-electron chi connectivity index (χ2n) is 15.4. The summed E-state index contributed by atoms with van der Waals surface area (Å²) >= 11 is 0. The average Bonchev–Trinajstić information content (AvgIpc) is 4.00. The van der Waals surface area contributed by atoms with Crippen LogP contribution in [0, 0.1) is 0 Å². The van der Waals surface area contributed by atoms with Crippen LogP contribution in [-0.2, 0) is 6.54 Å². The molecule has 0 atom stereocenters. The molecule has 268 valence electrons. The molecule has 8 aromatic carbocycles. The number of nitrogens with zero attached hydrogens (tertiary/aromatic N) is 6. The first-order chi connectivity index (χ1) is 28.2. The predicted octanol–water partition coefficient (Wildman–Crippen LogP) is 12.3. The summed E-state index contributed by atoms with van der Waals surface area (Å²) in [5, 5.41) is 7.47. The zero-order valence-electron chi connectivity index (χ0n) is 31.1. The SMILES string of the molecule is CN1Cc2cc(-n3c4ccc(-n5c6ccccc6c6ccccc65)cc4c4cc(-n5c6ccccc6c6ccccc65)ccc43)ccc2-n2c1nc1ccccc12. The summed E-state index contributed by atoms with van der Waals surface area (Å²) in [5.41, 5.74) is 15.2. The lowest BCUT2D eigenvalue weighted by Gasteiger charge is -2.28. The molecule has 0 fully saturated rings. The van der Waals surface area contributed by atoms with E-state index >= 15 is 0 Å². The van der Waals surface area contributed by atoms with Crippen molar-refractivity contribution < 1.29 is 0 Å². The molecule has 0 N–H and O–H groups in total. The Bertz CT molecular complexity index is 3370. The zero-order valence-corrected chi connectivity index (χ0v) is 31.1. The molecule has 0 unspecified atom stereocenters. The van der Waals surface area contributed by atoms with Crippen LogP contribution >= 0.6 is 0 Å². The first-order valence-electron chi connectivity index (χ1n) is 19.6. The van der Waals surface area contributed by atoms with Gasteiger partial charge in [-0.15, -0.1) is 0 Å². The maximum Gasteiger partial charge on any atom is 0.211 e. The summed E-state index contributed by atoms with van der Waals surface area (Å²) in [4.78, 5) is 7.26. The van der Waals surface area contributed by atoms with Gasteiger partial charge >= 0.3 is 0 Å². The van der Waals surface area contributed by atoms with Gasteiger partial charge in [-0.05, 0) is 96.6 Å². The van der Waals surface area contributed by atoms with E-state index in [2.05, 4.69) is 206 Å². The molecule has 5 heterocycles. The maximum atomic E-state index is 5.00. The van der Waals surface area contributed by atoms with Gasteiger partial charge in [0, 0.05) is 63.0 Å². The smallest absolute Gasteiger partial charge is 0.211 e. The van der Waals surface area contributed by atoms with Crippen LogP contribution < -0.4 is 4.90 Å². The summed E-state index contributed by atoms with van der Waals surface area (Å²) in [6.45, 7) is 0.777. The van der Waals surface area contributed by atoms with Crippen molar-refractivity contribution in [3.8, 4) is 22.7 Å². The third kappa shape index (κ3) is 4.16. The highest BCUT2D eigenvalue weighted by Gasteiger charge is 2.25. The lowest BCUT2D eigenvalue weighted by molar-refractivity contribution is 0.808. The number of anilines is 1. The Balaban J connectivity index is 1.09. The Labute approximate surface area is 327 Å². The predicted molar refractivity (Wildman–Crippen MR) is 236 cm³/mol. The molecule has 13 rings (SSSR count). The van der Waals surface area contributed by atoms with Gasteiger partial charge in [0.1, 0.15) is 0 Å². The quantitative estimate of drug-likeness (QED) is 0.181. The third-order valence-electron chi connectivity index (χ3n) is 12.3. The first kappa shape index (κ1) is 30.7. The molecule has 0 saturated carbocycles. The second-order valence-corrected chi connectivity index (χ2v) is 15.4. The lowest BCUT2D eigenvalue weighted by Crippen LogP contribution is -2.26. The molecular formula is C51H34N6. The fraction of sp³-hybridized carbons (Fsp3) is 0.0392. The fourth-order valence-corrected chi connectivity index (χ4v) is 9.85. The van der Waals surface area contributed by atoms with Crippen molar-refractivity contribution in [3.63, 3.8) is 0 Å². The number of rotatable bonds is 3. The Kier molecular flexibility index (Phi) is 6.06. The van der Waals surface area contributed by atoms with E-state index in [0.29, 0.717) is 0 Å². The van der Waals surface area contributed by atoms with Crippen molar-refractivity contribution in [2.75, 3.05) is 11.9 Å². The monoisotopic (exact) mass is 730 g/mol. The molecular weight excluding hydrogens is 697 g/mol. The van der Waals surface area contributed by atoms with Crippen molar-refractivity contribution in [3.05, 3.63) is 181 Å². The number of hydrogen-bond acceptors (Lipinski definition) is 2. The van der Waals surface area contributed by atoms with Crippen LogP contribution in [0.5, 0.6) is 0 Å². The van der Waals surface area contributed by atoms with E-state index in [1.165, 1.54) is 76.7 Å². The van der Waals surface area contributed by atoms with E-state index in [-0.39, 0.29) is 0 Å². The Morgan fingerprint density at radius 1 is 0.368 bits per heavy atom. The van der Waals surface area contributed by atoms with Crippen LogP contribution in [0.4, 0.5) is 5.95 Å². The zero-order chi connectivity index (χ0) is 37.4. The lowest BCUT2D eigenvalue weighted by atomic mass is 10.1. The first-order valence-corrected chi connectivity index (χ1v) is 19.6. The van der Waals surface area contributed by atoms with Crippen molar-refractivity contribution in [1.82, 2.24) is 23.3 Å². The van der Waals surface area contributed by atoms with Crippen molar-refractivity contribution in [2.45, 2.75) is 6.54 Å². The normalized spacial score (nSPS) is 12.9. The summed E-state index contributed by atoms with van der Waals surface area (Å²) in [6.07, 6.45) is 0. The fourth-order valence-electron chi connectivity index (χ4n) is 9.85. The number of imidazole rings is 1. The second kappa shape index (κ2) is 11.2. The minimum Gasteiger partial charge on any atom is -0.341 e. The molecule has 1 aliphatic heterocycles. The van der Waals surface area contributed by atoms with Gasteiger partial charge in [-0.3, -0.25) is 4.57 Å². The van der Waals surface area contributed by atoms with Gasteiger partial charge in [0.25, 0.3) is 0 Å². The van der Waals surface area contributed by atoms with Gasteiger partial charge in [0.15, 0.2) is 0 Å². The van der Waals surface area contributed by atoms with E-state index in [9.17, 15) is 0 Å². The molecule has 4 aromatic heterocycles. The van der Waals surface area contributed by atoms with Gasteiger partial charge in [0.2, 0.25) is 5.95 Å². The highest BCUT2D eigenvalue weighted by molar-refractivity contribution is 6.14. The molecule has 6 heteroatoms. The molecule has 6 nitrogen and oxygen atoms in total. The maximum absolute atomic E-state index is 5.00. The number of fused-ring (bicyclic) bond motifs is 14. The number of aromatic nitrogens is 5. The van der Waals surface area contributed by atoms with Crippen molar-refractivity contribution in [1.29, 1.82) is 0 Å². The Morgan fingerprint density at radius 3 is 1.28 bits per heavy atom. The Hall–Kier alpha value is -7.57. The molecule has 0 amide bonds. The van der Waals surface area contributed by atoms with Crippen LogP contribution in [0.2, 0.25) is 0 Å². The summed E-state index contributed by atoms with van der Waals surface area (Å²) in [6, 6.07) is 64.4. The Morgan fingerprint density at radius 2 is 0.772 bits per heavy atom. The highest BCUT2D eigenvalue weighted by Crippen LogP contribution is 2.41. The molecule has 0 aliphatic carbocycles. The molecule has 12 aromatic rings. The number of hydrogen-bond donors (Lipinski definition) is 0. The van der Waals surface area contributed by atoms with Crippen molar-refractivity contribution >= 4 is 82.4 Å². The van der Waals surface area contributed by atoms with Crippen LogP contribution in [0.15, 0.2) is 176 Å². The topological polar surface area (TPSA) is 35.9 Å². The van der Waals surface area contributed by atoms with Gasteiger partial charge in [-0.1, -0.05) is 84.9 Å². The van der Waals surface area contributed by atoms with E-state index in [0.717, 1.165) is 40.6 Å². The van der Waals surface area contributed by atoms with Crippen LogP contribution in [0.1, 0.15) is 5.56 Å². The highest BCUT2D eigenvalue weighted by atomic mass is 15.3. The van der Waals surface area contributed by atoms with Gasteiger partial charge in [-0.2, -0.15) is 0 Å². The van der Waals surface area contributed by atoms with Crippen LogP contribution in [-0.4, -0.2) is 30.3 Å². The van der Waals surface area contributed by atoms with E-state index in [4.69, 9.17) is 4.98 Å². The number of para-hydroxylation sites is 6. The van der Waals surface area contributed by atoms with E-state index < -0.39 is 0 Å². The molecule has 0 saturated heterocycles. The van der Waals surface area contributed by atoms with Gasteiger partial charge in [-0.25, -0.2) is 4.98 Å². The summed E-state index contributed by atoms with van der Waals surface area (Å²) in [7, 11) is 2.14. The van der Waals surface area contributed by atoms with E-state index in [1.54, 1.807) is 0 Å². The molecule has 0 spiro atoms. The standard InChI is InChI=1S/C51H34N6/c1-53-31-32-28-33(22-25-43(32)57-50-21-11-6-16-42(50)52-51(53)57)54-48-26-23-34(55-44-17-7-2-12-36(44)37-13-3-8-18-45(37)55)29-40(48)41-30-35(24-27-49(41)54)56-46-19-9-4-14-38(46)39-15-5-10-20-47(39)56/h2-30H,31H2,1H3. The minimum atomic E-state index is 0.777.